The average molecular weight is 320 g/mol. The predicted molar refractivity (Wildman–Crippen MR) is 89.9 cm³/mol. The Labute approximate surface area is 138 Å². The number of hydrogen-bond donors (Lipinski definition) is 2. The average Bonchev–Trinajstić information content (AvgIpc) is 3.26. The molecule has 2 N–H and O–H groups in total. The van der Waals surface area contributed by atoms with Crippen molar-refractivity contribution < 1.29 is 14.7 Å². The topological polar surface area (TPSA) is 78.9 Å². The van der Waals surface area contributed by atoms with Crippen molar-refractivity contribution in [3.63, 3.8) is 0 Å². The molecular weight excluding hydrogens is 304 g/mol. The van der Waals surface area contributed by atoms with Crippen molar-refractivity contribution in [2.24, 2.45) is 5.16 Å². The lowest BCUT2D eigenvalue weighted by Gasteiger charge is -2.08. The first-order valence-electron chi connectivity index (χ1n) is 7.79. The Morgan fingerprint density at radius 2 is 1.83 bits per heavy atom. The largest absolute Gasteiger partial charge is 0.458 e. The van der Waals surface area contributed by atoms with E-state index in [1.54, 1.807) is 12.4 Å². The number of benzene rings is 1. The summed E-state index contributed by atoms with van der Waals surface area (Å²) in [7, 11) is 0. The van der Waals surface area contributed by atoms with Gasteiger partial charge in [0.1, 0.15) is 18.1 Å². The third kappa shape index (κ3) is 2.30. The summed E-state index contributed by atoms with van der Waals surface area (Å²) in [5.74, 6) is 1.23. The number of hydrogen-bond acceptors (Lipinski definition) is 5. The Morgan fingerprint density at radius 1 is 1.04 bits per heavy atom. The summed E-state index contributed by atoms with van der Waals surface area (Å²) in [5.41, 5.74) is 5.71. The van der Waals surface area contributed by atoms with Gasteiger partial charge in [0.25, 0.3) is 0 Å². The fraction of sp³-hybridized carbons (Fsp3) is 0.158. The zero-order valence-corrected chi connectivity index (χ0v) is 12.9. The molecule has 4 rings (SSSR count). The summed E-state index contributed by atoms with van der Waals surface area (Å²) < 4.78 is 5.86. The van der Waals surface area contributed by atoms with E-state index in [-0.39, 0.29) is 6.61 Å². The highest BCUT2D eigenvalue weighted by Gasteiger charge is 2.24. The van der Waals surface area contributed by atoms with Gasteiger partial charge in [-0.15, -0.1) is 0 Å². The second kappa shape index (κ2) is 5.94. The van der Waals surface area contributed by atoms with Gasteiger partial charge in [0.05, 0.1) is 5.71 Å². The minimum absolute atomic E-state index is 0.156. The normalized spacial score (nSPS) is 15.0. The molecule has 0 radical (unpaired) electrons. The highest BCUT2D eigenvalue weighted by molar-refractivity contribution is 6.06. The van der Waals surface area contributed by atoms with Crippen LogP contribution in [-0.2, 0) is 13.0 Å². The molecule has 120 valence electrons. The maximum absolute atomic E-state index is 9.48. The van der Waals surface area contributed by atoms with E-state index < -0.39 is 0 Å². The van der Waals surface area contributed by atoms with Gasteiger partial charge in [0, 0.05) is 29.1 Å². The number of oxime groups is 1. The zero-order chi connectivity index (χ0) is 16.5. The van der Waals surface area contributed by atoms with Crippen molar-refractivity contribution in [2.45, 2.75) is 19.4 Å². The Morgan fingerprint density at radius 3 is 2.58 bits per heavy atom. The first-order valence-corrected chi connectivity index (χ1v) is 7.79. The summed E-state index contributed by atoms with van der Waals surface area (Å²) >= 11 is 0. The van der Waals surface area contributed by atoms with E-state index in [0.29, 0.717) is 17.2 Å². The standard InChI is InChI=1S/C19H16N2O3/c22-11-13-10-17(19(24-13)12-6-8-20-9-7-12)14-2-1-3-16-15(14)4-5-18(16)21-23/h1-3,6-10,22-23H,4-5,11H2/b21-18+. The smallest absolute Gasteiger partial charge is 0.142 e. The van der Waals surface area contributed by atoms with E-state index in [1.165, 1.54) is 0 Å². The van der Waals surface area contributed by atoms with Crippen LogP contribution >= 0.6 is 0 Å². The van der Waals surface area contributed by atoms with Gasteiger partial charge < -0.3 is 14.7 Å². The molecule has 0 bridgehead atoms. The maximum atomic E-state index is 9.48. The van der Waals surface area contributed by atoms with Crippen LogP contribution in [0.3, 0.4) is 0 Å². The first-order chi connectivity index (χ1) is 11.8. The molecule has 3 aromatic rings. The number of pyridine rings is 1. The molecule has 0 aliphatic heterocycles. The van der Waals surface area contributed by atoms with E-state index in [1.807, 2.05) is 36.4 Å². The minimum Gasteiger partial charge on any atom is -0.458 e. The minimum atomic E-state index is -0.156. The summed E-state index contributed by atoms with van der Waals surface area (Å²) in [6, 6.07) is 11.6. The maximum Gasteiger partial charge on any atom is 0.142 e. The van der Waals surface area contributed by atoms with Crippen molar-refractivity contribution in [3.8, 4) is 22.5 Å². The molecule has 0 atom stereocenters. The zero-order valence-electron chi connectivity index (χ0n) is 12.9. The van der Waals surface area contributed by atoms with Gasteiger partial charge in [0.15, 0.2) is 0 Å². The Bertz CT molecular complexity index is 914. The van der Waals surface area contributed by atoms with E-state index in [9.17, 15) is 10.3 Å². The molecule has 2 aromatic heterocycles. The number of aliphatic hydroxyl groups is 1. The number of fused-ring (bicyclic) bond motifs is 1. The Balaban J connectivity index is 1.93. The molecule has 1 aliphatic rings. The summed E-state index contributed by atoms with van der Waals surface area (Å²) in [6.07, 6.45) is 4.97. The first kappa shape index (κ1) is 14.7. The van der Waals surface area contributed by atoms with Crippen LogP contribution in [0.15, 0.2) is 58.4 Å². The van der Waals surface area contributed by atoms with Crippen LogP contribution in [0.25, 0.3) is 22.5 Å². The van der Waals surface area contributed by atoms with Crippen molar-refractivity contribution in [1.82, 2.24) is 4.98 Å². The highest BCUT2D eigenvalue weighted by atomic mass is 16.4. The monoisotopic (exact) mass is 320 g/mol. The van der Waals surface area contributed by atoms with Gasteiger partial charge in [-0.25, -0.2) is 0 Å². The molecule has 1 aliphatic carbocycles. The number of aliphatic hydroxyl groups excluding tert-OH is 1. The van der Waals surface area contributed by atoms with Gasteiger partial charge in [-0.2, -0.15) is 0 Å². The molecule has 0 fully saturated rings. The van der Waals surface area contributed by atoms with Crippen LogP contribution < -0.4 is 0 Å². The molecule has 0 amide bonds. The van der Waals surface area contributed by atoms with Crippen LogP contribution in [0, 0.1) is 0 Å². The molecule has 5 heteroatoms. The lowest BCUT2D eigenvalue weighted by atomic mass is 9.95. The lowest BCUT2D eigenvalue weighted by molar-refractivity contribution is 0.248. The second-order valence-electron chi connectivity index (χ2n) is 5.73. The third-order valence-electron chi connectivity index (χ3n) is 4.39. The predicted octanol–water partition coefficient (Wildman–Crippen LogP) is 3.63. The van der Waals surface area contributed by atoms with Gasteiger partial charge in [0.2, 0.25) is 0 Å². The second-order valence-corrected chi connectivity index (χ2v) is 5.73. The van der Waals surface area contributed by atoms with Crippen LogP contribution in [-0.4, -0.2) is 21.0 Å². The number of furan rings is 1. The van der Waals surface area contributed by atoms with Crippen LogP contribution in [0.5, 0.6) is 0 Å². The fourth-order valence-corrected chi connectivity index (χ4v) is 3.30. The van der Waals surface area contributed by atoms with Crippen molar-refractivity contribution in [1.29, 1.82) is 0 Å². The quantitative estimate of drug-likeness (QED) is 0.570. The van der Waals surface area contributed by atoms with E-state index >= 15 is 0 Å². The molecule has 24 heavy (non-hydrogen) atoms. The summed E-state index contributed by atoms with van der Waals surface area (Å²) in [5, 5.41) is 22.1. The molecule has 0 unspecified atom stereocenters. The summed E-state index contributed by atoms with van der Waals surface area (Å²) in [6.45, 7) is -0.156. The highest BCUT2D eigenvalue weighted by Crippen LogP contribution is 2.39. The number of rotatable bonds is 3. The fourth-order valence-electron chi connectivity index (χ4n) is 3.30. The van der Waals surface area contributed by atoms with Crippen LogP contribution in [0.4, 0.5) is 0 Å². The number of nitrogens with zero attached hydrogens (tertiary/aromatic N) is 2. The molecule has 5 nitrogen and oxygen atoms in total. The SMILES string of the molecule is OCc1cc(-c2cccc3c2CC/C3=N\O)c(-c2ccncc2)o1. The van der Waals surface area contributed by atoms with Gasteiger partial charge in [-0.1, -0.05) is 23.4 Å². The lowest BCUT2D eigenvalue weighted by Crippen LogP contribution is -1.94. The molecule has 0 saturated heterocycles. The van der Waals surface area contributed by atoms with Crippen molar-refractivity contribution in [3.05, 3.63) is 65.7 Å². The molecule has 0 spiro atoms. The van der Waals surface area contributed by atoms with Gasteiger partial charge in [-0.05, 0) is 42.2 Å². The molecule has 0 saturated carbocycles. The van der Waals surface area contributed by atoms with E-state index in [2.05, 4.69) is 10.1 Å². The molecule has 1 aromatic carbocycles. The van der Waals surface area contributed by atoms with Crippen molar-refractivity contribution >= 4 is 5.71 Å². The Kier molecular flexibility index (Phi) is 3.63. The summed E-state index contributed by atoms with van der Waals surface area (Å²) in [4.78, 5) is 4.04. The van der Waals surface area contributed by atoms with Gasteiger partial charge >= 0.3 is 0 Å². The Hall–Kier alpha value is -2.92. The van der Waals surface area contributed by atoms with Crippen molar-refractivity contribution in [2.75, 3.05) is 0 Å². The van der Waals surface area contributed by atoms with Crippen LogP contribution in [0.2, 0.25) is 0 Å². The van der Waals surface area contributed by atoms with Gasteiger partial charge in [-0.3, -0.25) is 4.98 Å². The van der Waals surface area contributed by atoms with E-state index in [4.69, 9.17) is 4.42 Å². The third-order valence-corrected chi connectivity index (χ3v) is 4.39. The molecule has 2 heterocycles. The van der Waals surface area contributed by atoms with E-state index in [0.717, 1.165) is 40.7 Å². The van der Waals surface area contributed by atoms with Crippen LogP contribution in [0.1, 0.15) is 23.3 Å². The number of aromatic nitrogens is 1. The molecular formula is C19H16N2O3.